The van der Waals surface area contributed by atoms with E-state index >= 15 is 0 Å². The van der Waals surface area contributed by atoms with Gasteiger partial charge in [0.25, 0.3) is 5.56 Å². The van der Waals surface area contributed by atoms with Crippen LogP contribution in [0.1, 0.15) is 5.76 Å². The molecule has 0 saturated carbocycles. The third-order valence-corrected chi connectivity index (χ3v) is 8.24. The van der Waals surface area contributed by atoms with Crippen LogP contribution in [-0.2, 0) is 26.7 Å². The molecule has 5 nitrogen and oxygen atoms in total. The van der Waals surface area contributed by atoms with Gasteiger partial charge in [-0.05, 0) is 46.0 Å². The second-order valence-electron chi connectivity index (χ2n) is 2.72. The van der Waals surface area contributed by atoms with Crippen LogP contribution < -0.4 is 5.56 Å². The zero-order chi connectivity index (χ0) is 12.3. The molecule has 1 heterocycles. The average Bonchev–Trinajstić information content (AvgIpc) is 2.54. The third kappa shape index (κ3) is 3.21. The van der Waals surface area contributed by atoms with E-state index in [4.69, 9.17) is 25.4 Å². The molecule has 9 heteroatoms. The molecule has 0 fully saturated rings. The molecule has 0 aliphatic heterocycles. The lowest BCUT2D eigenvalue weighted by molar-refractivity contribution is 0.278. The van der Waals surface area contributed by atoms with Crippen LogP contribution in [0.5, 0.6) is 0 Å². The van der Waals surface area contributed by atoms with Gasteiger partial charge in [0, 0.05) is 14.2 Å². The number of halogens is 1. The minimum absolute atomic E-state index is 0.223. The molecule has 0 atom stereocenters. The zero-order valence-electron chi connectivity index (χ0n) is 8.93. The summed E-state index contributed by atoms with van der Waals surface area (Å²) in [4.78, 5) is 11.6. The Bertz CT molecular complexity index is 463. The SMILES string of the molecule is COP(=S)(OC)SCn1oc(C)c(Br)c1=O. The van der Waals surface area contributed by atoms with Crippen molar-refractivity contribution in [3.8, 4) is 0 Å². The summed E-state index contributed by atoms with van der Waals surface area (Å²) in [6, 6.07) is 0. The van der Waals surface area contributed by atoms with Crippen molar-refractivity contribution in [3.05, 3.63) is 20.6 Å². The second kappa shape index (κ2) is 5.84. The van der Waals surface area contributed by atoms with Crippen LogP contribution in [0, 0.1) is 6.92 Å². The van der Waals surface area contributed by atoms with E-state index in [0.29, 0.717) is 10.2 Å². The van der Waals surface area contributed by atoms with Gasteiger partial charge in [-0.25, -0.2) is 0 Å². The number of rotatable bonds is 5. The molecule has 0 amide bonds. The van der Waals surface area contributed by atoms with E-state index in [0.717, 1.165) is 0 Å². The van der Waals surface area contributed by atoms with Crippen molar-refractivity contribution in [2.24, 2.45) is 0 Å². The summed E-state index contributed by atoms with van der Waals surface area (Å²) in [5.41, 5.74) is -2.58. The largest absolute Gasteiger partial charge is 0.379 e. The molecule has 0 N–H and O–H groups in total. The predicted molar refractivity (Wildman–Crippen MR) is 71.3 cm³/mol. The predicted octanol–water partition coefficient (Wildman–Crippen LogP) is 2.72. The Morgan fingerprint density at radius 2 is 2.12 bits per heavy atom. The molecule has 0 radical (unpaired) electrons. The summed E-state index contributed by atoms with van der Waals surface area (Å²) in [6.45, 7) is 1.70. The van der Waals surface area contributed by atoms with E-state index in [1.165, 1.54) is 30.3 Å². The van der Waals surface area contributed by atoms with Crippen LogP contribution in [0.15, 0.2) is 13.8 Å². The molecule has 0 bridgehead atoms. The summed E-state index contributed by atoms with van der Waals surface area (Å²) in [7, 11) is 2.98. The van der Waals surface area contributed by atoms with Crippen molar-refractivity contribution in [3.63, 3.8) is 0 Å². The lowest BCUT2D eigenvalue weighted by atomic mass is 10.5. The molecule has 0 aliphatic carbocycles. The topological polar surface area (TPSA) is 53.6 Å². The fourth-order valence-corrected chi connectivity index (χ4v) is 3.74. The van der Waals surface area contributed by atoms with Crippen LogP contribution >= 0.6 is 33.0 Å². The van der Waals surface area contributed by atoms with Gasteiger partial charge in [0.05, 0.1) is 0 Å². The number of aromatic nitrogens is 1. The summed E-state index contributed by atoms with van der Waals surface area (Å²) >= 11 is 9.53. The fourth-order valence-electron chi connectivity index (χ4n) is 0.895. The minimum Gasteiger partial charge on any atom is -0.379 e. The van der Waals surface area contributed by atoms with Crippen molar-refractivity contribution in [2.75, 3.05) is 14.2 Å². The standard InChI is InChI=1S/C7H11BrNO4PS2/c1-5-6(8)7(10)9(13-5)4-16-14(15,11-2)12-3/h4H2,1-3H3. The van der Waals surface area contributed by atoms with Crippen LogP contribution in [0.25, 0.3) is 0 Å². The first-order chi connectivity index (χ1) is 7.43. The van der Waals surface area contributed by atoms with Gasteiger partial charge in [0.1, 0.15) is 16.1 Å². The van der Waals surface area contributed by atoms with Crippen molar-refractivity contribution in [1.82, 2.24) is 4.74 Å². The quantitative estimate of drug-likeness (QED) is 0.763. The maximum Gasteiger partial charge on any atom is 0.297 e. The van der Waals surface area contributed by atoms with E-state index in [2.05, 4.69) is 15.9 Å². The lowest BCUT2D eigenvalue weighted by Crippen LogP contribution is -2.13. The molecule has 92 valence electrons. The smallest absolute Gasteiger partial charge is 0.297 e. The Morgan fingerprint density at radius 1 is 1.56 bits per heavy atom. The molecular formula is C7H11BrNO4PS2. The molecule has 0 aliphatic rings. The van der Waals surface area contributed by atoms with Crippen molar-refractivity contribution < 1.29 is 13.6 Å². The summed E-state index contributed by atoms with van der Waals surface area (Å²) in [5.74, 6) is 0.804. The Hall–Kier alpha value is 0.410. The molecule has 1 aromatic rings. The Morgan fingerprint density at radius 3 is 2.50 bits per heavy atom. The van der Waals surface area contributed by atoms with Gasteiger partial charge in [-0.3, -0.25) is 4.79 Å². The molecule has 0 spiro atoms. The first kappa shape index (κ1) is 14.5. The second-order valence-corrected chi connectivity index (χ2v) is 10.0. The van der Waals surface area contributed by atoms with E-state index in [-0.39, 0.29) is 11.4 Å². The van der Waals surface area contributed by atoms with Gasteiger partial charge >= 0.3 is 0 Å². The minimum atomic E-state index is -2.36. The molecule has 16 heavy (non-hydrogen) atoms. The van der Waals surface area contributed by atoms with E-state index in [9.17, 15) is 4.79 Å². The molecule has 1 rings (SSSR count). The first-order valence-corrected chi connectivity index (χ1v) is 9.18. The van der Waals surface area contributed by atoms with Crippen LogP contribution in [0.3, 0.4) is 0 Å². The first-order valence-electron chi connectivity index (χ1n) is 4.16. The highest BCUT2D eigenvalue weighted by Crippen LogP contribution is 2.60. The molecule has 0 aromatic carbocycles. The summed E-state index contributed by atoms with van der Waals surface area (Å²) < 4.78 is 17.0. The van der Waals surface area contributed by atoms with E-state index in [1.54, 1.807) is 6.92 Å². The van der Waals surface area contributed by atoms with Crippen molar-refractivity contribution in [2.45, 2.75) is 12.8 Å². The normalized spacial score (nSPS) is 12.0. The highest BCUT2D eigenvalue weighted by Gasteiger charge is 2.19. The number of aryl methyl sites for hydroxylation is 1. The molecule has 0 unspecified atom stereocenters. The van der Waals surface area contributed by atoms with Gasteiger partial charge in [-0.15, -0.1) is 0 Å². The highest BCUT2D eigenvalue weighted by atomic mass is 79.9. The average molecular weight is 348 g/mol. The van der Waals surface area contributed by atoms with E-state index < -0.39 is 5.69 Å². The van der Waals surface area contributed by atoms with Crippen LogP contribution in [0.2, 0.25) is 0 Å². The molecular weight excluding hydrogens is 337 g/mol. The van der Waals surface area contributed by atoms with Gasteiger partial charge in [-0.2, -0.15) is 4.74 Å². The molecule has 0 saturated heterocycles. The maximum atomic E-state index is 11.6. The van der Waals surface area contributed by atoms with E-state index in [1.807, 2.05) is 0 Å². The maximum absolute atomic E-state index is 11.6. The Kier molecular flexibility index (Phi) is 5.28. The van der Waals surface area contributed by atoms with Crippen LogP contribution in [-0.4, -0.2) is 19.0 Å². The van der Waals surface area contributed by atoms with Crippen molar-refractivity contribution in [1.29, 1.82) is 0 Å². The lowest BCUT2D eigenvalue weighted by Gasteiger charge is -2.15. The fraction of sp³-hybridized carbons (Fsp3) is 0.571. The van der Waals surface area contributed by atoms with Crippen molar-refractivity contribution >= 4 is 44.8 Å². The summed E-state index contributed by atoms with van der Waals surface area (Å²) in [5, 5.41) is 0. The molecule has 1 aromatic heterocycles. The van der Waals surface area contributed by atoms with Crippen LogP contribution in [0.4, 0.5) is 0 Å². The highest BCUT2D eigenvalue weighted by molar-refractivity contribution is 9.10. The summed E-state index contributed by atoms with van der Waals surface area (Å²) in [6.07, 6.45) is 0. The number of hydrogen-bond acceptors (Lipinski definition) is 6. The Labute approximate surface area is 110 Å². The zero-order valence-corrected chi connectivity index (χ0v) is 13.0. The van der Waals surface area contributed by atoms with Gasteiger partial charge in [0.2, 0.25) is 5.69 Å². The Balaban J connectivity index is 2.79. The van der Waals surface area contributed by atoms with Gasteiger partial charge in [-0.1, -0.05) is 0 Å². The third-order valence-electron chi connectivity index (χ3n) is 1.75. The monoisotopic (exact) mass is 347 g/mol. The van der Waals surface area contributed by atoms with Gasteiger partial charge < -0.3 is 13.6 Å². The number of hydrogen-bond donors (Lipinski definition) is 0. The van der Waals surface area contributed by atoms with Gasteiger partial charge in [0.15, 0.2) is 0 Å². The number of nitrogens with zero attached hydrogens (tertiary/aromatic N) is 1.